The smallest absolute Gasteiger partial charge is 0.339 e. The van der Waals surface area contributed by atoms with Crippen LogP contribution in [0.3, 0.4) is 0 Å². The van der Waals surface area contributed by atoms with Crippen LogP contribution in [0.5, 0.6) is 5.75 Å². The topological polar surface area (TPSA) is 106 Å². The van der Waals surface area contributed by atoms with Gasteiger partial charge in [0.25, 0.3) is 5.91 Å². The van der Waals surface area contributed by atoms with Crippen molar-refractivity contribution in [1.29, 1.82) is 0 Å². The van der Waals surface area contributed by atoms with E-state index in [-0.39, 0.29) is 24.6 Å². The molecule has 1 aromatic carbocycles. The molecule has 2 N–H and O–H groups in total. The standard InChI is InChI=1S/C21H25NO6/c1-13-17(27-12-18(23)22-11-4-2-3-8-19(24)25)10-9-15-14-6-5-7-16(14)21(26)28-20(13)15/h9-10H,2-8,11-12H2,1H3,(H,22,23)(H,24,25). The molecule has 7 nitrogen and oxygen atoms in total. The van der Waals surface area contributed by atoms with Crippen LogP contribution in [0.4, 0.5) is 0 Å². The number of hydrogen-bond donors (Lipinski definition) is 2. The van der Waals surface area contributed by atoms with Gasteiger partial charge in [0.1, 0.15) is 11.3 Å². The van der Waals surface area contributed by atoms with Gasteiger partial charge in [0, 0.05) is 29.5 Å². The molecule has 0 aliphatic heterocycles. The minimum absolute atomic E-state index is 0.128. The number of carbonyl (C=O) groups excluding carboxylic acids is 1. The maximum Gasteiger partial charge on any atom is 0.339 e. The Morgan fingerprint density at radius 3 is 2.75 bits per heavy atom. The summed E-state index contributed by atoms with van der Waals surface area (Å²) in [4.78, 5) is 34.6. The maximum atomic E-state index is 12.2. The molecule has 1 amide bonds. The number of hydrogen-bond acceptors (Lipinski definition) is 5. The van der Waals surface area contributed by atoms with E-state index in [0.717, 1.165) is 48.6 Å². The Bertz CT molecular complexity index is 946. The largest absolute Gasteiger partial charge is 0.483 e. The molecular formula is C21H25NO6. The summed E-state index contributed by atoms with van der Waals surface area (Å²) in [7, 11) is 0. The van der Waals surface area contributed by atoms with Crippen LogP contribution in [0.15, 0.2) is 21.3 Å². The Morgan fingerprint density at radius 1 is 1.18 bits per heavy atom. The molecule has 1 aromatic heterocycles. The first-order valence-corrected chi connectivity index (χ1v) is 9.67. The quantitative estimate of drug-likeness (QED) is 0.506. The van der Waals surface area contributed by atoms with Crippen LogP contribution in [0, 0.1) is 6.92 Å². The average Bonchev–Trinajstić information content (AvgIpc) is 3.15. The Kier molecular flexibility index (Phi) is 6.34. The van der Waals surface area contributed by atoms with Crippen molar-refractivity contribution in [3.05, 3.63) is 39.2 Å². The highest BCUT2D eigenvalue weighted by Crippen LogP contribution is 2.32. The number of fused-ring (bicyclic) bond motifs is 3. The van der Waals surface area contributed by atoms with Gasteiger partial charge in [-0.05, 0) is 56.7 Å². The third-order valence-corrected chi connectivity index (χ3v) is 5.09. The molecule has 2 aromatic rings. The number of ether oxygens (including phenoxy) is 1. The average molecular weight is 387 g/mol. The molecule has 0 fully saturated rings. The summed E-state index contributed by atoms with van der Waals surface area (Å²) in [5.74, 6) is -0.526. The summed E-state index contributed by atoms with van der Waals surface area (Å²) < 4.78 is 11.1. The minimum atomic E-state index is -0.802. The van der Waals surface area contributed by atoms with Crippen molar-refractivity contribution in [1.82, 2.24) is 5.32 Å². The zero-order valence-electron chi connectivity index (χ0n) is 16.0. The third-order valence-electron chi connectivity index (χ3n) is 5.09. The summed E-state index contributed by atoms with van der Waals surface area (Å²) in [5, 5.41) is 12.3. The van der Waals surface area contributed by atoms with Crippen molar-refractivity contribution >= 4 is 22.8 Å². The monoisotopic (exact) mass is 387 g/mol. The molecule has 1 aliphatic rings. The van der Waals surface area contributed by atoms with Gasteiger partial charge in [-0.2, -0.15) is 0 Å². The van der Waals surface area contributed by atoms with Crippen LogP contribution in [-0.4, -0.2) is 30.1 Å². The highest BCUT2D eigenvalue weighted by atomic mass is 16.5. The zero-order chi connectivity index (χ0) is 20.1. The van der Waals surface area contributed by atoms with Gasteiger partial charge in [0.15, 0.2) is 6.61 Å². The Hall–Kier alpha value is -2.83. The fraction of sp³-hybridized carbons (Fsp3) is 0.476. The summed E-state index contributed by atoms with van der Waals surface area (Å²) >= 11 is 0. The lowest BCUT2D eigenvalue weighted by Gasteiger charge is -2.12. The van der Waals surface area contributed by atoms with Crippen molar-refractivity contribution in [2.24, 2.45) is 0 Å². The van der Waals surface area contributed by atoms with E-state index in [9.17, 15) is 14.4 Å². The second-order valence-electron chi connectivity index (χ2n) is 7.11. The number of nitrogens with one attached hydrogen (secondary N) is 1. The molecule has 1 heterocycles. The number of amides is 1. The first kappa shape index (κ1) is 19.9. The molecule has 150 valence electrons. The number of benzene rings is 1. The fourth-order valence-corrected chi connectivity index (χ4v) is 3.62. The van der Waals surface area contributed by atoms with Crippen molar-refractivity contribution in [3.8, 4) is 5.75 Å². The van der Waals surface area contributed by atoms with Gasteiger partial charge in [0.05, 0.1) is 0 Å². The number of carboxylic acids is 1. The van der Waals surface area contributed by atoms with E-state index in [1.54, 1.807) is 0 Å². The van der Waals surface area contributed by atoms with Crippen LogP contribution < -0.4 is 15.7 Å². The summed E-state index contributed by atoms with van der Waals surface area (Å²) in [5.41, 5.74) is 2.82. The van der Waals surface area contributed by atoms with Gasteiger partial charge in [-0.15, -0.1) is 0 Å². The Labute approximate surface area is 162 Å². The van der Waals surface area contributed by atoms with E-state index in [1.807, 2.05) is 19.1 Å². The SMILES string of the molecule is Cc1c(OCC(=O)NCCCCCC(=O)O)ccc2c3c(c(=O)oc12)CCC3. The van der Waals surface area contributed by atoms with Crippen molar-refractivity contribution in [3.63, 3.8) is 0 Å². The van der Waals surface area contributed by atoms with E-state index in [0.29, 0.717) is 29.9 Å². The van der Waals surface area contributed by atoms with Gasteiger partial charge in [-0.1, -0.05) is 6.42 Å². The van der Waals surface area contributed by atoms with Crippen LogP contribution in [0.1, 0.15) is 48.8 Å². The lowest BCUT2D eigenvalue weighted by atomic mass is 10.0. The molecule has 0 saturated heterocycles. The van der Waals surface area contributed by atoms with Gasteiger partial charge >= 0.3 is 11.6 Å². The molecule has 0 atom stereocenters. The fourth-order valence-electron chi connectivity index (χ4n) is 3.62. The molecule has 0 spiro atoms. The predicted octanol–water partition coefficient (Wildman–Crippen LogP) is 2.73. The molecule has 3 rings (SSSR count). The van der Waals surface area contributed by atoms with Crippen LogP contribution in [0.2, 0.25) is 0 Å². The number of carboxylic acid groups (broad SMARTS) is 1. The molecule has 28 heavy (non-hydrogen) atoms. The normalized spacial score (nSPS) is 12.8. The highest BCUT2D eigenvalue weighted by Gasteiger charge is 2.21. The Balaban J connectivity index is 1.56. The predicted molar refractivity (Wildman–Crippen MR) is 104 cm³/mol. The summed E-state index contributed by atoms with van der Waals surface area (Å²) in [6.07, 6.45) is 4.84. The van der Waals surface area contributed by atoms with Crippen molar-refractivity contribution < 1.29 is 23.8 Å². The molecule has 0 saturated carbocycles. The highest BCUT2D eigenvalue weighted by molar-refractivity contribution is 5.86. The maximum absolute atomic E-state index is 12.2. The molecule has 0 radical (unpaired) electrons. The van der Waals surface area contributed by atoms with Gasteiger partial charge < -0.3 is 19.6 Å². The first-order chi connectivity index (χ1) is 13.5. The third kappa shape index (κ3) is 4.52. The Morgan fingerprint density at radius 2 is 1.96 bits per heavy atom. The molecule has 1 aliphatic carbocycles. The second kappa shape index (κ2) is 8.91. The van der Waals surface area contributed by atoms with E-state index in [4.69, 9.17) is 14.3 Å². The minimum Gasteiger partial charge on any atom is -0.483 e. The van der Waals surface area contributed by atoms with E-state index in [1.165, 1.54) is 0 Å². The lowest BCUT2D eigenvalue weighted by Crippen LogP contribution is -2.29. The van der Waals surface area contributed by atoms with Gasteiger partial charge in [0.2, 0.25) is 0 Å². The number of carbonyl (C=O) groups is 2. The van der Waals surface area contributed by atoms with Gasteiger partial charge in [-0.3, -0.25) is 9.59 Å². The van der Waals surface area contributed by atoms with Gasteiger partial charge in [-0.25, -0.2) is 4.79 Å². The molecule has 7 heteroatoms. The van der Waals surface area contributed by atoms with Crippen LogP contribution >= 0.6 is 0 Å². The number of rotatable bonds is 9. The summed E-state index contributed by atoms with van der Waals surface area (Å²) in [6.45, 7) is 2.18. The van der Waals surface area contributed by atoms with Crippen LogP contribution in [-0.2, 0) is 22.4 Å². The van der Waals surface area contributed by atoms with Crippen molar-refractivity contribution in [2.75, 3.05) is 13.2 Å². The van der Waals surface area contributed by atoms with Crippen LogP contribution in [0.25, 0.3) is 11.0 Å². The van der Waals surface area contributed by atoms with E-state index in [2.05, 4.69) is 5.32 Å². The number of aryl methyl sites for hydroxylation is 2. The molecule has 0 unspecified atom stereocenters. The zero-order valence-corrected chi connectivity index (χ0v) is 16.0. The summed E-state index contributed by atoms with van der Waals surface area (Å²) in [6, 6.07) is 3.71. The molecular weight excluding hydrogens is 362 g/mol. The number of unbranched alkanes of at least 4 members (excludes halogenated alkanes) is 2. The van der Waals surface area contributed by atoms with E-state index < -0.39 is 5.97 Å². The molecule has 0 bridgehead atoms. The number of aliphatic carboxylic acids is 1. The second-order valence-corrected chi connectivity index (χ2v) is 7.11. The lowest BCUT2D eigenvalue weighted by molar-refractivity contribution is -0.137. The first-order valence-electron chi connectivity index (χ1n) is 9.67. The van der Waals surface area contributed by atoms with E-state index >= 15 is 0 Å². The van der Waals surface area contributed by atoms with Crippen molar-refractivity contribution in [2.45, 2.75) is 51.9 Å².